The van der Waals surface area contributed by atoms with Crippen molar-refractivity contribution >= 4 is 17.8 Å². The minimum atomic E-state index is -1.39. The van der Waals surface area contributed by atoms with E-state index in [-0.39, 0.29) is 6.61 Å². The quantitative estimate of drug-likeness (QED) is 0.613. The molecule has 5 nitrogen and oxygen atoms in total. The Kier molecular flexibility index (Phi) is 5.59. The lowest BCUT2D eigenvalue weighted by Gasteiger charge is -2.45. The van der Waals surface area contributed by atoms with E-state index >= 15 is 0 Å². The number of hydrogen-bond acceptors (Lipinski definition) is 6. The Hall–Kier alpha value is -1.67. The van der Waals surface area contributed by atoms with Crippen LogP contribution in [0.2, 0.25) is 0 Å². The smallest absolute Gasteiger partial charge is 0.168 e. The minimum Gasteiger partial charge on any atom is -0.395 e. The van der Waals surface area contributed by atoms with Crippen LogP contribution >= 0.6 is 11.8 Å². The molecule has 0 saturated carbocycles. The summed E-state index contributed by atoms with van der Waals surface area (Å²) in [6, 6.07) is 12.3. The molecule has 2 aliphatic rings. The Balaban J connectivity index is 1.72. The molecule has 1 fully saturated rings. The Bertz CT molecular complexity index is 910. The maximum Gasteiger partial charge on any atom is 0.168 e. The predicted octanol–water partition coefficient (Wildman–Crippen LogP) is 2.10. The SMILES string of the molecule is C=Cc1ccc(Cc2cc3c(cc2C)CO[C@]32S[C@H](CO)[C@@H](O)[C@H](O)[C@H]2O)cc1. The first-order valence-electron chi connectivity index (χ1n) is 9.70. The molecule has 1 spiro atoms. The third-order valence-corrected chi connectivity index (χ3v) is 7.60. The normalized spacial score (nSPS) is 31.1. The van der Waals surface area contributed by atoms with E-state index in [1.54, 1.807) is 0 Å². The van der Waals surface area contributed by atoms with E-state index in [0.29, 0.717) is 6.61 Å². The van der Waals surface area contributed by atoms with Crippen LogP contribution in [0.4, 0.5) is 0 Å². The number of fused-ring (bicyclic) bond motifs is 2. The largest absolute Gasteiger partial charge is 0.395 e. The van der Waals surface area contributed by atoms with Crippen LogP contribution in [0.25, 0.3) is 6.08 Å². The highest BCUT2D eigenvalue weighted by Crippen LogP contribution is 2.54. The van der Waals surface area contributed by atoms with Gasteiger partial charge < -0.3 is 25.2 Å². The minimum absolute atomic E-state index is 0.315. The predicted molar refractivity (Wildman–Crippen MR) is 113 cm³/mol. The average molecular weight is 415 g/mol. The van der Waals surface area contributed by atoms with Gasteiger partial charge in [-0.05, 0) is 41.2 Å². The molecular formula is C23H26O5S. The fraction of sp³-hybridized carbons (Fsp3) is 0.391. The number of hydrogen-bond donors (Lipinski definition) is 4. The summed E-state index contributed by atoms with van der Waals surface area (Å²) in [6.07, 6.45) is -1.37. The number of aryl methyl sites for hydroxylation is 1. The molecule has 0 amide bonds. The summed E-state index contributed by atoms with van der Waals surface area (Å²) in [6.45, 7) is 5.84. The second-order valence-corrected chi connectivity index (χ2v) is 9.23. The second-order valence-electron chi connectivity index (χ2n) is 7.78. The van der Waals surface area contributed by atoms with Crippen molar-refractivity contribution in [3.8, 4) is 0 Å². The fourth-order valence-electron chi connectivity index (χ4n) is 4.18. The standard InChI is InChI=1S/C23H26O5S/c1-3-14-4-6-15(7-5-14)9-16-10-18-17(8-13(16)2)12-28-23(18)22(27)21(26)20(25)19(11-24)29-23/h3-8,10,19-22,24-27H,1,9,11-12H2,2H3/t19-,20-,21+,22-,23+/m1/s1. The van der Waals surface area contributed by atoms with Gasteiger partial charge >= 0.3 is 0 Å². The summed E-state index contributed by atoms with van der Waals surface area (Å²) in [7, 11) is 0. The molecule has 0 bridgehead atoms. The number of thioether (sulfide) groups is 1. The molecule has 0 aromatic heterocycles. The van der Waals surface area contributed by atoms with Crippen LogP contribution in [0.5, 0.6) is 0 Å². The Labute approximate surface area is 174 Å². The van der Waals surface area contributed by atoms with E-state index in [0.717, 1.165) is 39.8 Å². The van der Waals surface area contributed by atoms with Gasteiger partial charge in [-0.2, -0.15) is 0 Å². The summed E-state index contributed by atoms with van der Waals surface area (Å²) in [5.41, 5.74) is 6.23. The zero-order chi connectivity index (χ0) is 20.8. The second kappa shape index (κ2) is 7.87. The molecule has 1 saturated heterocycles. The van der Waals surface area contributed by atoms with Crippen LogP contribution in [-0.4, -0.2) is 50.6 Å². The molecule has 0 radical (unpaired) electrons. The fourth-order valence-corrected chi connectivity index (χ4v) is 5.73. The van der Waals surface area contributed by atoms with Crippen molar-refractivity contribution in [1.82, 2.24) is 0 Å². The van der Waals surface area contributed by atoms with Crippen molar-refractivity contribution < 1.29 is 25.2 Å². The molecule has 0 aliphatic carbocycles. The van der Waals surface area contributed by atoms with Crippen molar-refractivity contribution in [3.05, 3.63) is 76.4 Å². The van der Waals surface area contributed by atoms with E-state index in [2.05, 4.69) is 31.7 Å². The van der Waals surface area contributed by atoms with Crippen LogP contribution in [0, 0.1) is 6.92 Å². The molecule has 29 heavy (non-hydrogen) atoms. The van der Waals surface area contributed by atoms with Gasteiger partial charge in [-0.3, -0.25) is 0 Å². The van der Waals surface area contributed by atoms with Gasteiger partial charge in [0.2, 0.25) is 0 Å². The number of aliphatic hydroxyl groups excluding tert-OH is 4. The van der Waals surface area contributed by atoms with Gasteiger partial charge in [0, 0.05) is 5.56 Å². The van der Waals surface area contributed by atoms with Crippen LogP contribution in [0.1, 0.15) is 33.4 Å². The third-order valence-electron chi connectivity index (χ3n) is 5.94. The lowest BCUT2D eigenvalue weighted by Crippen LogP contribution is -2.58. The van der Waals surface area contributed by atoms with Gasteiger partial charge in [-0.1, -0.05) is 49.1 Å². The van der Waals surface area contributed by atoms with Crippen LogP contribution in [-0.2, 0) is 22.7 Å². The van der Waals surface area contributed by atoms with Crippen molar-refractivity contribution in [2.75, 3.05) is 6.61 Å². The summed E-state index contributed by atoms with van der Waals surface area (Å²) >= 11 is 1.19. The Morgan fingerprint density at radius 1 is 1.17 bits per heavy atom. The van der Waals surface area contributed by atoms with Gasteiger partial charge in [0.1, 0.15) is 12.2 Å². The van der Waals surface area contributed by atoms with E-state index in [1.165, 1.54) is 11.8 Å². The van der Waals surface area contributed by atoms with Crippen LogP contribution < -0.4 is 0 Å². The molecule has 5 atom stereocenters. The zero-order valence-electron chi connectivity index (χ0n) is 16.3. The van der Waals surface area contributed by atoms with Crippen molar-refractivity contribution in [2.45, 2.75) is 48.4 Å². The molecule has 2 aliphatic heterocycles. The molecule has 2 heterocycles. The lowest BCUT2D eigenvalue weighted by atomic mass is 9.89. The van der Waals surface area contributed by atoms with Gasteiger partial charge in [0.05, 0.1) is 24.6 Å². The Morgan fingerprint density at radius 3 is 2.55 bits per heavy atom. The topological polar surface area (TPSA) is 90.2 Å². The van der Waals surface area contributed by atoms with Gasteiger partial charge in [-0.15, -0.1) is 11.8 Å². The van der Waals surface area contributed by atoms with E-state index < -0.39 is 28.5 Å². The van der Waals surface area contributed by atoms with Crippen LogP contribution in [0.3, 0.4) is 0 Å². The first-order chi connectivity index (χ1) is 13.9. The first kappa shape index (κ1) is 20.6. The number of ether oxygens (including phenoxy) is 1. The van der Waals surface area contributed by atoms with Gasteiger partial charge in [0.15, 0.2) is 4.93 Å². The van der Waals surface area contributed by atoms with E-state index in [9.17, 15) is 20.4 Å². The molecule has 2 aromatic carbocycles. The molecular weight excluding hydrogens is 388 g/mol. The maximum absolute atomic E-state index is 10.8. The molecule has 4 rings (SSSR count). The van der Waals surface area contributed by atoms with Crippen molar-refractivity contribution in [2.24, 2.45) is 0 Å². The van der Waals surface area contributed by atoms with Gasteiger partial charge in [-0.25, -0.2) is 0 Å². The summed E-state index contributed by atoms with van der Waals surface area (Å²) in [5, 5.41) is 40.4. The highest BCUT2D eigenvalue weighted by atomic mass is 32.2. The molecule has 6 heteroatoms. The summed E-state index contributed by atoms with van der Waals surface area (Å²) < 4.78 is 6.03. The Morgan fingerprint density at radius 2 is 1.90 bits per heavy atom. The third kappa shape index (κ3) is 3.44. The van der Waals surface area contributed by atoms with Crippen molar-refractivity contribution in [3.63, 3.8) is 0 Å². The summed E-state index contributed by atoms with van der Waals surface area (Å²) in [4.78, 5) is -1.20. The van der Waals surface area contributed by atoms with Gasteiger partial charge in [0.25, 0.3) is 0 Å². The molecule has 4 N–H and O–H groups in total. The molecule has 2 aromatic rings. The zero-order valence-corrected chi connectivity index (χ0v) is 17.1. The van der Waals surface area contributed by atoms with Crippen molar-refractivity contribution in [1.29, 1.82) is 0 Å². The van der Waals surface area contributed by atoms with E-state index in [4.69, 9.17) is 4.74 Å². The highest BCUT2D eigenvalue weighted by Gasteiger charge is 2.57. The molecule has 154 valence electrons. The average Bonchev–Trinajstić information content (AvgIpc) is 3.08. The number of aliphatic hydroxyl groups is 4. The molecule has 0 unspecified atom stereocenters. The number of rotatable bonds is 4. The first-order valence-corrected chi connectivity index (χ1v) is 10.6. The van der Waals surface area contributed by atoms with E-state index in [1.807, 2.05) is 24.3 Å². The monoisotopic (exact) mass is 414 g/mol. The maximum atomic E-state index is 10.8. The lowest BCUT2D eigenvalue weighted by molar-refractivity contribution is -0.147. The van der Waals surface area contributed by atoms with Crippen LogP contribution in [0.15, 0.2) is 43.0 Å². The highest BCUT2D eigenvalue weighted by molar-refractivity contribution is 8.00. The number of benzene rings is 2. The summed E-state index contributed by atoms with van der Waals surface area (Å²) in [5.74, 6) is 0.